The molecule has 3 N–H and O–H groups in total. The Kier molecular flexibility index (Phi) is 2.65. The van der Waals surface area contributed by atoms with Crippen LogP contribution in [-0.2, 0) is 0 Å². The number of anilines is 1. The minimum Gasteiger partial charge on any atom is -0.382 e. The van der Waals surface area contributed by atoms with Gasteiger partial charge in [-0.1, -0.05) is 29.5 Å². The molecule has 2 aromatic heterocycles. The smallest absolute Gasteiger partial charge is 0.172 e. The highest BCUT2D eigenvalue weighted by Gasteiger charge is 2.17. The minimum atomic E-state index is -0.421. The number of hydrogen-bond donors (Lipinski definition) is 2. The second kappa shape index (κ2) is 4.66. The van der Waals surface area contributed by atoms with Crippen LogP contribution in [0, 0.1) is 5.82 Å². The number of nitrogen functional groups attached to an aromatic ring is 1. The third-order valence-corrected chi connectivity index (χ3v) is 3.40. The van der Waals surface area contributed by atoms with Gasteiger partial charge in [-0.05, 0) is 24.3 Å². The number of hydrogen-bond acceptors (Lipinski definition) is 4. The van der Waals surface area contributed by atoms with Crippen LogP contribution in [0.2, 0.25) is 0 Å². The van der Waals surface area contributed by atoms with Crippen LogP contribution >= 0.6 is 0 Å². The van der Waals surface area contributed by atoms with Crippen molar-refractivity contribution in [2.24, 2.45) is 0 Å². The molecule has 0 bridgehead atoms. The van der Waals surface area contributed by atoms with E-state index < -0.39 is 5.82 Å². The van der Waals surface area contributed by atoms with E-state index in [-0.39, 0.29) is 11.5 Å². The number of nitrogens with one attached hydrogen (secondary N) is 1. The number of fused-ring (bicyclic) bond motifs is 1. The molecule has 0 saturated heterocycles. The second-order valence-corrected chi connectivity index (χ2v) is 4.79. The Bertz CT molecular complexity index is 938. The van der Waals surface area contributed by atoms with Crippen molar-refractivity contribution in [2.75, 3.05) is 5.73 Å². The Morgan fingerprint density at radius 2 is 1.82 bits per heavy atom. The average molecular weight is 294 g/mol. The topological polar surface area (TPSA) is 85.4 Å². The summed E-state index contributed by atoms with van der Waals surface area (Å²) in [6.07, 6.45) is 0. The molecule has 0 amide bonds. The number of imidazole rings is 1. The molecule has 0 aliphatic carbocycles. The SMILES string of the molecule is Nc1c(-c2nc3ccccc3[nH]2)nnn1-c1ccccc1F. The monoisotopic (exact) mass is 294 g/mol. The standard InChI is InChI=1S/C15H11FN6/c16-9-5-1-4-8-12(9)22-14(17)13(20-21-22)15-18-10-6-2-3-7-11(10)19-15/h1-8H,17H2,(H,18,19). The zero-order valence-electron chi connectivity index (χ0n) is 11.4. The van der Waals surface area contributed by atoms with Gasteiger partial charge in [0.25, 0.3) is 0 Å². The molecule has 0 aliphatic heterocycles. The molecule has 0 atom stereocenters. The summed E-state index contributed by atoms with van der Waals surface area (Å²) in [5.74, 6) is 0.306. The van der Waals surface area contributed by atoms with Crippen LogP contribution in [0.4, 0.5) is 10.2 Å². The van der Waals surface area contributed by atoms with Gasteiger partial charge in [0.2, 0.25) is 0 Å². The predicted molar refractivity (Wildman–Crippen MR) is 80.8 cm³/mol. The number of aromatic amines is 1. The van der Waals surface area contributed by atoms with Crippen molar-refractivity contribution in [2.45, 2.75) is 0 Å². The number of aromatic nitrogens is 5. The Morgan fingerprint density at radius 3 is 2.64 bits per heavy atom. The Morgan fingerprint density at radius 1 is 1.05 bits per heavy atom. The molecule has 0 aliphatic rings. The van der Waals surface area contributed by atoms with E-state index >= 15 is 0 Å². The Labute approximate surface area is 124 Å². The zero-order valence-corrected chi connectivity index (χ0v) is 11.4. The first-order valence-corrected chi connectivity index (χ1v) is 6.65. The summed E-state index contributed by atoms with van der Waals surface area (Å²) in [6.45, 7) is 0. The van der Waals surface area contributed by atoms with E-state index in [0.29, 0.717) is 11.5 Å². The van der Waals surface area contributed by atoms with Gasteiger partial charge in [-0.2, -0.15) is 4.68 Å². The molecule has 0 unspecified atom stereocenters. The van der Waals surface area contributed by atoms with Crippen LogP contribution in [0.1, 0.15) is 0 Å². The van der Waals surface area contributed by atoms with Crippen LogP contribution in [-0.4, -0.2) is 25.0 Å². The molecule has 108 valence electrons. The molecule has 6 nitrogen and oxygen atoms in total. The molecule has 0 radical (unpaired) electrons. The van der Waals surface area contributed by atoms with Gasteiger partial charge in [-0.15, -0.1) is 5.10 Å². The van der Waals surface area contributed by atoms with E-state index in [1.807, 2.05) is 24.3 Å². The number of nitrogens with zero attached hydrogens (tertiary/aromatic N) is 4. The van der Waals surface area contributed by atoms with E-state index in [0.717, 1.165) is 11.0 Å². The lowest BCUT2D eigenvalue weighted by Crippen LogP contribution is -2.04. The van der Waals surface area contributed by atoms with Crippen molar-refractivity contribution in [1.82, 2.24) is 25.0 Å². The van der Waals surface area contributed by atoms with Crippen LogP contribution < -0.4 is 5.73 Å². The number of nitrogens with two attached hydrogens (primary N) is 1. The maximum absolute atomic E-state index is 13.9. The summed E-state index contributed by atoms with van der Waals surface area (Å²) in [5.41, 5.74) is 8.38. The molecule has 7 heteroatoms. The van der Waals surface area contributed by atoms with Gasteiger partial charge in [0.05, 0.1) is 11.0 Å². The molecule has 0 fully saturated rings. The van der Waals surface area contributed by atoms with Crippen molar-refractivity contribution in [3.8, 4) is 17.2 Å². The second-order valence-electron chi connectivity index (χ2n) is 4.79. The Balaban J connectivity index is 1.86. The highest BCUT2D eigenvalue weighted by atomic mass is 19.1. The molecule has 2 heterocycles. The lowest BCUT2D eigenvalue weighted by atomic mass is 10.3. The summed E-state index contributed by atoms with van der Waals surface area (Å²) in [4.78, 5) is 7.56. The summed E-state index contributed by atoms with van der Waals surface area (Å²) in [7, 11) is 0. The van der Waals surface area contributed by atoms with Gasteiger partial charge in [0.1, 0.15) is 11.5 Å². The van der Waals surface area contributed by atoms with Crippen molar-refractivity contribution >= 4 is 16.9 Å². The fourth-order valence-electron chi connectivity index (χ4n) is 2.32. The first kappa shape index (κ1) is 12.5. The van der Waals surface area contributed by atoms with Gasteiger partial charge in [0.15, 0.2) is 17.3 Å². The highest BCUT2D eigenvalue weighted by Crippen LogP contribution is 2.25. The number of benzene rings is 2. The summed E-state index contributed by atoms with van der Waals surface area (Å²) >= 11 is 0. The predicted octanol–water partition coefficient (Wildman–Crippen LogP) is 2.53. The first-order chi connectivity index (χ1) is 10.7. The van der Waals surface area contributed by atoms with Crippen LogP contribution in [0.3, 0.4) is 0 Å². The number of H-pyrrole nitrogens is 1. The Hall–Kier alpha value is -3.22. The van der Waals surface area contributed by atoms with E-state index in [1.165, 1.54) is 10.7 Å². The number of halogens is 1. The van der Waals surface area contributed by atoms with Crippen molar-refractivity contribution in [1.29, 1.82) is 0 Å². The maximum atomic E-state index is 13.9. The summed E-state index contributed by atoms with van der Waals surface area (Å²) < 4.78 is 15.1. The molecule has 0 spiro atoms. The fraction of sp³-hybridized carbons (Fsp3) is 0. The largest absolute Gasteiger partial charge is 0.382 e. The fourth-order valence-corrected chi connectivity index (χ4v) is 2.32. The van der Waals surface area contributed by atoms with Crippen LogP contribution in [0.25, 0.3) is 28.2 Å². The van der Waals surface area contributed by atoms with Gasteiger partial charge in [-0.25, -0.2) is 9.37 Å². The molecule has 4 aromatic rings. The van der Waals surface area contributed by atoms with E-state index in [4.69, 9.17) is 5.73 Å². The molecule has 4 rings (SSSR count). The summed E-state index contributed by atoms with van der Waals surface area (Å²) in [5, 5.41) is 7.96. The van der Waals surface area contributed by atoms with E-state index in [9.17, 15) is 4.39 Å². The van der Waals surface area contributed by atoms with Crippen molar-refractivity contribution in [3.05, 3.63) is 54.3 Å². The zero-order chi connectivity index (χ0) is 15.1. The van der Waals surface area contributed by atoms with Gasteiger partial charge >= 0.3 is 0 Å². The molecular weight excluding hydrogens is 283 g/mol. The third-order valence-electron chi connectivity index (χ3n) is 3.40. The van der Waals surface area contributed by atoms with Gasteiger partial charge in [-0.3, -0.25) is 0 Å². The van der Waals surface area contributed by atoms with E-state index in [2.05, 4.69) is 20.3 Å². The number of rotatable bonds is 2. The van der Waals surface area contributed by atoms with Crippen molar-refractivity contribution in [3.63, 3.8) is 0 Å². The first-order valence-electron chi connectivity index (χ1n) is 6.65. The maximum Gasteiger partial charge on any atom is 0.172 e. The summed E-state index contributed by atoms with van der Waals surface area (Å²) in [6, 6.07) is 13.8. The third kappa shape index (κ3) is 1.83. The minimum absolute atomic E-state index is 0.226. The lowest BCUT2D eigenvalue weighted by molar-refractivity contribution is 0.608. The van der Waals surface area contributed by atoms with Gasteiger partial charge in [0, 0.05) is 0 Å². The van der Waals surface area contributed by atoms with E-state index in [1.54, 1.807) is 18.2 Å². The molecular formula is C15H11FN6. The number of para-hydroxylation sites is 3. The van der Waals surface area contributed by atoms with Crippen molar-refractivity contribution < 1.29 is 4.39 Å². The molecule has 0 saturated carbocycles. The molecule has 2 aromatic carbocycles. The van der Waals surface area contributed by atoms with Gasteiger partial charge < -0.3 is 10.7 Å². The molecule has 22 heavy (non-hydrogen) atoms. The average Bonchev–Trinajstić information content (AvgIpc) is 3.11. The van der Waals surface area contributed by atoms with Crippen LogP contribution in [0.5, 0.6) is 0 Å². The van der Waals surface area contributed by atoms with Crippen LogP contribution in [0.15, 0.2) is 48.5 Å². The highest BCUT2D eigenvalue weighted by molar-refractivity contribution is 5.80. The normalized spacial score (nSPS) is 11.1. The lowest BCUT2D eigenvalue weighted by Gasteiger charge is -2.03. The quantitative estimate of drug-likeness (QED) is 0.595.